The molecule has 2 nitrogen and oxygen atoms in total. The molecule has 1 aromatic heterocycles. The minimum Gasteiger partial charge on any atom is -0.311 e. The molecule has 14 rings (SSSR count). The van der Waals surface area contributed by atoms with Crippen molar-refractivity contribution >= 4 is 143 Å². The molecule has 0 amide bonds. The lowest BCUT2D eigenvalue weighted by atomic mass is 9.33. The molecular formula is C56H33BN2S. The number of para-hydroxylation sites is 1. The maximum atomic E-state index is 9.83. The van der Waals surface area contributed by atoms with Gasteiger partial charge in [0.05, 0.1) is 16.2 Å². The summed E-state index contributed by atoms with van der Waals surface area (Å²) in [4.78, 5) is 4.57. The summed E-state index contributed by atoms with van der Waals surface area (Å²) in [6.07, 6.45) is 0. The van der Waals surface area contributed by atoms with Gasteiger partial charge < -0.3 is 9.80 Å². The Bertz CT molecular complexity index is 3990. The van der Waals surface area contributed by atoms with E-state index in [0.717, 1.165) is 64.9 Å². The minimum absolute atomic E-state index is 0.0130. The molecule has 0 radical (unpaired) electrons. The first-order chi connectivity index (χ1) is 31.5. The first-order valence-electron chi connectivity index (χ1n) is 22.5. The van der Waals surface area contributed by atoms with Crippen molar-refractivity contribution in [2.75, 3.05) is 9.80 Å². The average Bonchev–Trinajstić information content (AvgIpc) is 3.74. The zero-order valence-corrected chi connectivity index (χ0v) is 32.9. The van der Waals surface area contributed by atoms with E-state index in [-0.39, 0.29) is 24.2 Å². The topological polar surface area (TPSA) is 6.48 Å². The monoisotopic (exact) mass is 780 g/mol. The highest BCUT2D eigenvalue weighted by atomic mass is 32.1. The number of rotatable bonds is 2. The Hall–Kier alpha value is -7.40. The minimum atomic E-state index is -0.473. The number of benzene rings is 11. The molecule has 60 heavy (non-hydrogen) atoms. The normalized spacial score (nSPS) is 14.2. The molecule has 3 heterocycles. The van der Waals surface area contributed by atoms with Gasteiger partial charge in [-0.15, -0.1) is 11.3 Å². The first-order valence-corrected chi connectivity index (χ1v) is 21.3. The number of hydrogen-bond donors (Lipinski definition) is 0. The Kier molecular flexibility index (Phi) is 5.82. The van der Waals surface area contributed by atoms with Gasteiger partial charge in [0, 0.05) is 32.8 Å². The molecule has 11 aromatic carbocycles. The maximum Gasteiger partial charge on any atom is 0.254 e. The van der Waals surface area contributed by atoms with Crippen LogP contribution in [0.3, 0.4) is 0 Å². The predicted octanol–water partition coefficient (Wildman–Crippen LogP) is 13.9. The molecule has 0 fully saturated rings. The summed E-state index contributed by atoms with van der Waals surface area (Å²) in [7, 11) is 0. The number of thiophene rings is 1. The Morgan fingerprint density at radius 3 is 1.53 bits per heavy atom. The molecular weight excluding hydrogens is 744 g/mol. The molecule has 0 unspecified atom stereocenters. The molecule has 0 aliphatic carbocycles. The van der Waals surface area contributed by atoms with E-state index in [1.165, 1.54) is 48.5 Å². The molecule has 0 N–H and O–H groups in total. The van der Waals surface area contributed by atoms with Gasteiger partial charge in [0.25, 0.3) is 6.71 Å². The smallest absolute Gasteiger partial charge is 0.254 e. The van der Waals surface area contributed by atoms with E-state index in [9.17, 15) is 4.11 Å². The number of hydrogen-bond acceptors (Lipinski definition) is 3. The fourth-order valence-electron chi connectivity index (χ4n) is 10.8. The average molecular weight is 781 g/mol. The molecule has 0 spiro atoms. The van der Waals surface area contributed by atoms with Gasteiger partial charge in [0.15, 0.2) is 0 Å². The quantitative estimate of drug-likeness (QED) is 0.127. The van der Waals surface area contributed by atoms with Gasteiger partial charge in [-0.3, -0.25) is 0 Å². The van der Waals surface area contributed by atoms with Crippen molar-refractivity contribution in [1.29, 1.82) is 0 Å². The Labute approximate surface area is 356 Å². The Morgan fingerprint density at radius 1 is 0.383 bits per heavy atom. The van der Waals surface area contributed by atoms with Crippen molar-refractivity contribution in [2.45, 2.75) is 0 Å². The highest BCUT2D eigenvalue weighted by Gasteiger charge is 2.45. The SMILES string of the molecule is [2H]c1c([2H])c([2H])c2c(c1[2H])B1c3c(cccc3N(c3cccc4c5ccccc5c5ccccc5c34)c3sc4ccccc4c31)N2c1ccc2c3ccccc3c3ccccc3c2c1. The number of anilines is 6. The molecule has 0 bridgehead atoms. The lowest BCUT2D eigenvalue weighted by Crippen LogP contribution is -2.61. The van der Waals surface area contributed by atoms with E-state index in [4.69, 9.17) is 1.37 Å². The van der Waals surface area contributed by atoms with Crippen LogP contribution < -0.4 is 26.2 Å². The largest absolute Gasteiger partial charge is 0.311 e. The highest BCUT2D eigenvalue weighted by Crippen LogP contribution is 2.51. The van der Waals surface area contributed by atoms with Crippen molar-refractivity contribution in [1.82, 2.24) is 0 Å². The van der Waals surface area contributed by atoms with Gasteiger partial charge in [0.1, 0.15) is 0 Å². The molecule has 4 heteroatoms. The zero-order chi connectivity index (χ0) is 42.5. The molecule has 2 aliphatic rings. The van der Waals surface area contributed by atoms with Crippen LogP contribution in [-0.4, -0.2) is 6.71 Å². The van der Waals surface area contributed by atoms with E-state index >= 15 is 0 Å². The summed E-state index contributed by atoms with van der Waals surface area (Å²) in [6.45, 7) is -0.473. The van der Waals surface area contributed by atoms with Crippen LogP contribution in [0.4, 0.5) is 33.4 Å². The molecule has 276 valence electrons. The third-order valence-corrected chi connectivity index (χ3v) is 14.3. The zero-order valence-electron chi connectivity index (χ0n) is 36.1. The fourth-order valence-corrected chi connectivity index (χ4v) is 12.0. The number of fused-ring (bicyclic) bond motifs is 18. The van der Waals surface area contributed by atoms with Crippen molar-refractivity contribution in [3.05, 3.63) is 200 Å². The van der Waals surface area contributed by atoms with Gasteiger partial charge in [-0.05, 0) is 123 Å². The van der Waals surface area contributed by atoms with Crippen molar-refractivity contribution in [2.24, 2.45) is 0 Å². The van der Waals surface area contributed by atoms with Crippen molar-refractivity contribution in [3.63, 3.8) is 0 Å². The van der Waals surface area contributed by atoms with Crippen LogP contribution in [0.15, 0.2) is 200 Å². The van der Waals surface area contributed by atoms with Crippen LogP contribution in [0, 0.1) is 0 Å². The molecule has 2 aliphatic heterocycles. The Balaban J connectivity index is 1.13. The maximum absolute atomic E-state index is 9.83. The van der Waals surface area contributed by atoms with Gasteiger partial charge >= 0.3 is 0 Å². The van der Waals surface area contributed by atoms with Gasteiger partial charge in [-0.25, -0.2) is 0 Å². The van der Waals surface area contributed by atoms with Gasteiger partial charge in [-0.1, -0.05) is 158 Å². The summed E-state index contributed by atoms with van der Waals surface area (Å²) in [5.74, 6) is 0. The second-order valence-electron chi connectivity index (χ2n) is 16.0. The third-order valence-electron chi connectivity index (χ3n) is 13.1. The summed E-state index contributed by atoms with van der Waals surface area (Å²) < 4.78 is 39.0. The highest BCUT2D eigenvalue weighted by molar-refractivity contribution is 7.26. The van der Waals surface area contributed by atoms with E-state index in [1.54, 1.807) is 11.3 Å². The fraction of sp³-hybridized carbons (Fsp3) is 0. The predicted molar refractivity (Wildman–Crippen MR) is 261 cm³/mol. The molecule has 0 saturated heterocycles. The van der Waals surface area contributed by atoms with Gasteiger partial charge in [0.2, 0.25) is 0 Å². The Morgan fingerprint density at radius 2 is 0.867 bits per heavy atom. The van der Waals surface area contributed by atoms with E-state index in [0.29, 0.717) is 11.2 Å². The summed E-state index contributed by atoms with van der Waals surface area (Å²) >= 11 is 1.75. The van der Waals surface area contributed by atoms with Crippen LogP contribution >= 0.6 is 11.3 Å². The van der Waals surface area contributed by atoms with Gasteiger partial charge in [-0.2, -0.15) is 0 Å². The third kappa shape index (κ3) is 4.23. The number of nitrogens with zero attached hydrogens (tertiary/aromatic N) is 2. The lowest BCUT2D eigenvalue weighted by Gasteiger charge is -2.43. The molecule has 0 atom stereocenters. The van der Waals surface area contributed by atoms with E-state index in [1.807, 2.05) is 0 Å². The van der Waals surface area contributed by atoms with Crippen molar-refractivity contribution < 1.29 is 5.48 Å². The second kappa shape index (κ2) is 12.1. The summed E-state index contributed by atoms with van der Waals surface area (Å²) in [5, 5.41) is 16.2. The summed E-state index contributed by atoms with van der Waals surface area (Å²) in [6, 6.07) is 62.2. The van der Waals surface area contributed by atoms with E-state index < -0.39 is 6.71 Å². The van der Waals surface area contributed by atoms with E-state index in [2.05, 4.69) is 186 Å². The molecule has 12 aromatic rings. The van der Waals surface area contributed by atoms with Crippen LogP contribution in [0.2, 0.25) is 0 Å². The lowest BCUT2D eigenvalue weighted by molar-refractivity contribution is 1.27. The van der Waals surface area contributed by atoms with Crippen LogP contribution in [-0.2, 0) is 0 Å². The second-order valence-corrected chi connectivity index (χ2v) is 17.0. The van der Waals surface area contributed by atoms with Crippen molar-refractivity contribution in [3.8, 4) is 0 Å². The molecule has 0 saturated carbocycles. The first kappa shape index (κ1) is 28.9. The standard InChI is InChI=1S/C56H33BN2S/c1-2-17-37-35(15-1)36-16-4-6-21-41(36)46-33-34(31-32-42(37)46)58-48-26-11-10-25-47(48)57-54-45-23-9-12-30-52(45)60-56(54)59(51-29-14-28-50(58)55(51)57)49-27-13-24-44-40-19-5-3-18-38(40)39-20-7-8-22-43(39)53(44)49/h1-33H/i10D,11D,25D,26D. The van der Waals surface area contributed by atoms with Crippen LogP contribution in [0.5, 0.6) is 0 Å². The van der Waals surface area contributed by atoms with Crippen LogP contribution in [0.25, 0.3) is 74.7 Å². The summed E-state index contributed by atoms with van der Waals surface area (Å²) in [5.41, 5.74) is 6.94. The van der Waals surface area contributed by atoms with Crippen LogP contribution in [0.1, 0.15) is 5.48 Å².